The lowest BCUT2D eigenvalue weighted by Gasteiger charge is -1.90. The average molecular weight is 188 g/mol. The second-order valence-electron chi connectivity index (χ2n) is 3.22. The molecule has 0 atom stereocenters. The monoisotopic (exact) mass is 188 g/mol. The lowest BCUT2D eigenvalue weighted by atomic mass is 10.2. The molecule has 0 aliphatic heterocycles. The van der Waals surface area contributed by atoms with E-state index in [2.05, 4.69) is 25.1 Å². The van der Waals surface area contributed by atoms with E-state index in [0.717, 1.165) is 5.58 Å². The lowest BCUT2D eigenvalue weighted by molar-refractivity contribution is 0.619. The Hall–Kier alpha value is -1.28. The van der Waals surface area contributed by atoms with Gasteiger partial charge in [-0.3, -0.25) is 0 Å². The zero-order chi connectivity index (χ0) is 8.84. The van der Waals surface area contributed by atoms with Crippen LogP contribution in [0.5, 0.6) is 0 Å². The summed E-state index contributed by atoms with van der Waals surface area (Å²) in [6.07, 6.45) is 1.75. The Morgan fingerprint density at radius 3 is 3.00 bits per heavy atom. The van der Waals surface area contributed by atoms with Crippen LogP contribution in [0.25, 0.3) is 20.4 Å². The number of hydrogen-bond acceptors (Lipinski definition) is 2. The Labute approximate surface area is 79.6 Å². The van der Waals surface area contributed by atoms with Gasteiger partial charge in [0.15, 0.2) is 5.58 Å². The van der Waals surface area contributed by atoms with Gasteiger partial charge in [-0.25, -0.2) is 0 Å². The van der Waals surface area contributed by atoms with Crippen LogP contribution in [0, 0.1) is 6.92 Å². The summed E-state index contributed by atoms with van der Waals surface area (Å²) in [4.78, 5) is 0. The smallest absolute Gasteiger partial charge is 0.152 e. The summed E-state index contributed by atoms with van der Waals surface area (Å²) in [6.45, 7) is 2.11. The van der Waals surface area contributed by atoms with Crippen LogP contribution in [0.15, 0.2) is 34.9 Å². The minimum Gasteiger partial charge on any atom is -0.463 e. The molecule has 13 heavy (non-hydrogen) atoms. The number of benzene rings is 1. The molecule has 0 saturated heterocycles. The molecule has 0 saturated carbocycles. The SMILES string of the molecule is Cc1ccc2c(c1)sc1ccoc12. The van der Waals surface area contributed by atoms with Gasteiger partial charge in [-0.15, -0.1) is 11.3 Å². The number of aryl methyl sites for hydroxylation is 1. The predicted octanol–water partition coefficient (Wildman–Crippen LogP) is 3.96. The third kappa shape index (κ3) is 0.923. The van der Waals surface area contributed by atoms with E-state index < -0.39 is 0 Å². The zero-order valence-electron chi connectivity index (χ0n) is 7.20. The maximum Gasteiger partial charge on any atom is 0.152 e. The Balaban J connectivity index is 2.59. The third-order valence-electron chi connectivity index (χ3n) is 2.23. The van der Waals surface area contributed by atoms with Crippen LogP contribution in [-0.4, -0.2) is 0 Å². The molecule has 2 heterocycles. The van der Waals surface area contributed by atoms with Crippen LogP contribution in [0.3, 0.4) is 0 Å². The van der Waals surface area contributed by atoms with E-state index in [0.29, 0.717) is 0 Å². The van der Waals surface area contributed by atoms with Crippen molar-refractivity contribution in [3.05, 3.63) is 36.1 Å². The molecule has 0 aliphatic rings. The van der Waals surface area contributed by atoms with Crippen molar-refractivity contribution >= 4 is 31.7 Å². The maximum absolute atomic E-state index is 5.42. The van der Waals surface area contributed by atoms with Crippen molar-refractivity contribution in [2.75, 3.05) is 0 Å². The fraction of sp³-hybridized carbons (Fsp3) is 0.0909. The van der Waals surface area contributed by atoms with E-state index in [4.69, 9.17) is 4.42 Å². The fourth-order valence-electron chi connectivity index (χ4n) is 1.59. The molecular formula is C11H8OS. The number of rotatable bonds is 0. The summed E-state index contributed by atoms with van der Waals surface area (Å²) >= 11 is 1.79. The van der Waals surface area contributed by atoms with Gasteiger partial charge in [-0.1, -0.05) is 6.07 Å². The van der Waals surface area contributed by atoms with Gasteiger partial charge >= 0.3 is 0 Å². The Bertz CT molecular complexity index is 574. The molecule has 3 aromatic rings. The summed E-state index contributed by atoms with van der Waals surface area (Å²) in [6, 6.07) is 8.48. The summed E-state index contributed by atoms with van der Waals surface area (Å²) < 4.78 is 7.97. The van der Waals surface area contributed by atoms with Crippen molar-refractivity contribution in [2.45, 2.75) is 6.92 Å². The van der Waals surface area contributed by atoms with E-state index in [-0.39, 0.29) is 0 Å². The second kappa shape index (κ2) is 2.36. The van der Waals surface area contributed by atoms with E-state index >= 15 is 0 Å². The number of fused-ring (bicyclic) bond motifs is 3. The highest BCUT2D eigenvalue weighted by molar-refractivity contribution is 7.25. The van der Waals surface area contributed by atoms with Gasteiger partial charge in [0.05, 0.1) is 11.0 Å². The zero-order valence-corrected chi connectivity index (χ0v) is 8.02. The average Bonchev–Trinajstić information content (AvgIpc) is 2.62. The summed E-state index contributed by atoms with van der Waals surface area (Å²) in [5.41, 5.74) is 2.33. The van der Waals surface area contributed by atoms with Crippen molar-refractivity contribution in [3.63, 3.8) is 0 Å². The Morgan fingerprint density at radius 2 is 2.08 bits per heavy atom. The van der Waals surface area contributed by atoms with Gasteiger partial charge in [-0.2, -0.15) is 0 Å². The van der Waals surface area contributed by atoms with E-state index in [1.807, 2.05) is 6.07 Å². The number of furan rings is 1. The highest BCUT2D eigenvalue weighted by Crippen LogP contribution is 2.34. The highest BCUT2D eigenvalue weighted by atomic mass is 32.1. The first-order chi connectivity index (χ1) is 6.34. The minimum absolute atomic E-state index is 1.03. The van der Waals surface area contributed by atoms with Gasteiger partial charge in [0, 0.05) is 10.1 Å². The van der Waals surface area contributed by atoms with Crippen molar-refractivity contribution < 1.29 is 4.42 Å². The molecule has 2 aromatic heterocycles. The van der Waals surface area contributed by atoms with Crippen LogP contribution < -0.4 is 0 Å². The Morgan fingerprint density at radius 1 is 1.15 bits per heavy atom. The van der Waals surface area contributed by atoms with Gasteiger partial charge < -0.3 is 4.42 Å². The molecule has 0 N–H and O–H groups in total. The van der Waals surface area contributed by atoms with Gasteiger partial charge in [0.1, 0.15) is 0 Å². The normalized spacial score (nSPS) is 11.5. The summed E-state index contributed by atoms with van der Waals surface area (Å²) in [5, 5.41) is 1.23. The molecule has 0 aliphatic carbocycles. The largest absolute Gasteiger partial charge is 0.463 e. The molecule has 3 rings (SSSR count). The first kappa shape index (κ1) is 7.15. The molecule has 1 nitrogen and oxygen atoms in total. The van der Waals surface area contributed by atoms with Crippen LogP contribution in [-0.2, 0) is 0 Å². The molecular weight excluding hydrogens is 180 g/mol. The molecule has 0 radical (unpaired) electrons. The summed E-state index contributed by atoms with van der Waals surface area (Å²) in [7, 11) is 0. The van der Waals surface area contributed by atoms with Crippen molar-refractivity contribution in [2.24, 2.45) is 0 Å². The number of thiophene rings is 1. The second-order valence-corrected chi connectivity index (χ2v) is 4.30. The van der Waals surface area contributed by atoms with Crippen molar-refractivity contribution in [1.29, 1.82) is 0 Å². The van der Waals surface area contributed by atoms with Gasteiger partial charge in [0.25, 0.3) is 0 Å². The van der Waals surface area contributed by atoms with E-state index in [1.165, 1.54) is 20.3 Å². The molecule has 2 heteroatoms. The Kier molecular flexibility index (Phi) is 1.30. The molecule has 0 fully saturated rings. The minimum atomic E-state index is 1.03. The molecule has 0 amide bonds. The van der Waals surface area contributed by atoms with Crippen LogP contribution in [0.4, 0.5) is 0 Å². The van der Waals surface area contributed by atoms with E-state index in [9.17, 15) is 0 Å². The number of hydrogen-bond donors (Lipinski definition) is 0. The van der Waals surface area contributed by atoms with Crippen molar-refractivity contribution in [1.82, 2.24) is 0 Å². The first-order valence-corrected chi connectivity index (χ1v) is 5.02. The summed E-state index contributed by atoms with van der Waals surface area (Å²) in [5.74, 6) is 0. The molecule has 0 spiro atoms. The van der Waals surface area contributed by atoms with Gasteiger partial charge in [0.2, 0.25) is 0 Å². The topological polar surface area (TPSA) is 13.1 Å². The third-order valence-corrected chi connectivity index (χ3v) is 3.33. The molecule has 0 unspecified atom stereocenters. The quantitative estimate of drug-likeness (QED) is 0.520. The maximum atomic E-state index is 5.42. The van der Waals surface area contributed by atoms with Crippen LogP contribution in [0.1, 0.15) is 5.56 Å². The predicted molar refractivity (Wildman–Crippen MR) is 56.3 cm³/mol. The van der Waals surface area contributed by atoms with Gasteiger partial charge in [-0.05, 0) is 30.7 Å². The van der Waals surface area contributed by atoms with Crippen LogP contribution in [0.2, 0.25) is 0 Å². The highest BCUT2D eigenvalue weighted by Gasteiger charge is 2.06. The van der Waals surface area contributed by atoms with Crippen LogP contribution >= 0.6 is 11.3 Å². The first-order valence-electron chi connectivity index (χ1n) is 4.21. The standard InChI is InChI=1S/C11H8OS/c1-7-2-3-8-10(6-7)13-9-4-5-12-11(8)9/h2-6H,1H3. The fourth-order valence-corrected chi connectivity index (χ4v) is 2.72. The molecule has 0 bridgehead atoms. The molecule has 1 aromatic carbocycles. The lowest BCUT2D eigenvalue weighted by Crippen LogP contribution is -1.68. The van der Waals surface area contributed by atoms with E-state index in [1.54, 1.807) is 17.6 Å². The van der Waals surface area contributed by atoms with Crippen molar-refractivity contribution in [3.8, 4) is 0 Å². The molecule has 64 valence electrons.